The van der Waals surface area contributed by atoms with E-state index in [1.165, 1.54) is 10.6 Å². The molecule has 0 fully saturated rings. The smallest absolute Gasteiger partial charge is 0.337 e. The number of aromatic carboxylic acids is 1. The van der Waals surface area contributed by atoms with E-state index in [9.17, 15) is 14.7 Å². The standard InChI is InChI=1S/C15H11BrN2O3/c1-8-5-6-9(16)7-12(8)18-11-4-2-3-10(14(19)20)13(11)17-15(18)21/h2-7H,1H3,(H,17,21)(H,19,20). The van der Waals surface area contributed by atoms with E-state index in [1.807, 2.05) is 25.1 Å². The third-order valence-electron chi connectivity index (χ3n) is 3.36. The number of H-pyrrole nitrogens is 1. The molecule has 1 aromatic heterocycles. The fourth-order valence-electron chi connectivity index (χ4n) is 2.37. The Bertz CT molecular complexity index is 924. The van der Waals surface area contributed by atoms with Gasteiger partial charge in [-0.15, -0.1) is 0 Å². The largest absolute Gasteiger partial charge is 0.478 e. The van der Waals surface area contributed by atoms with Crippen LogP contribution in [0.25, 0.3) is 16.7 Å². The van der Waals surface area contributed by atoms with Crippen LogP contribution < -0.4 is 5.69 Å². The minimum Gasteiger partial charge on any atom is -0.478 e. The van der Waals surface area contributed by atoms with Crippen LogP contribution in [0.1, 0.15) is 15.9 Å². The summed E-state index contributed by atoms with van der Waals surface area (Å²) in [6.45, 7) is 1.90. The number of halogens is 1. The number of carboxylic acids is 1. The van der Waals surface area contributed by atoms with Crippen LogP contribution in [-0.4, -0.2) is 20.6 Å². The molecular formula is C15H11BrN2O3. The van der Waals surface area contributed by atoms with Crippen LogP contribution in [-0.2, 0) is 0 Å². The molecule has 2 aromatic carbocycles. The third kappa shape index (κ3) is 2.17. The number of hydrogen-bond donors (Lipinski definition) is 2. The molecule has 0 saturated carbocycles. The molecule has 0 aliphatic heterocycles. The lowest BCUT2D eigenvalue weighted by atomic mass is 10.1. The van der Waals surface area contributed by atoms with Crippen molar-refractivity contribution in [3.8, 4) is 5.69 Å². The first-order valence-corrected chi connectivity index (χ1v) is 7.02. The van der Waals surface area contributed by atoms with Crippen molar-refractivity contribution in [3.63, 3.8) is 0 Å². The minimum atomic E-state index is -1.07. The first kappa shape index (κ1) is 13.6. The summed E-state index contributed by atoms with van der Waals surface area (Å²) in [6, 6.07) is 10.4. The van der Waals surface area contributed by atoms with Gasteiger partial charge in [0.25, 0.3) is 0 Å². The number of carboxylic acid groups (broad SMARTS) is 1. The molecule has 0 unspecified atom stereocenters. The van der Waals surface area contributed by atoms with Crippen molar-refractivity contribution in [2.75, 3.05) is 0 Å². The predicted octanol–water partition coefficient (Wildman–Crippen LogP) is 3.09. The molecule has 0 bridgehead atoms. The molecule has 3 aromatic rings. The van der Waals surface area contributed by atoms with Crippen LogP contribution in [0.5, 0.6) is 0 Å². The number of hydrogen-bond acceptors (Lipinski definition) is 2. The summed E-state index contributed by atoms with van der Waals surface area (Å²) in [5.74, 6) is -1.07. The predicted molar refractivity (Wildman–Crippen MR) is 83.3 cm³/mol. The number of aryl methyl sites for hydroxylation is 1. The summed E-state index contributed by atoms with van der Waals surface area (Å²) < 4.78 is 2.33. The lowest BCUT2D eigenvalue weighted by Crippen LogP contribution is -2.15. The van der Waals surface area contributed by atoms with Crippen LogP contribution in [0.4, 0.5) is 0 Å². The molecule has 106 valence electrons. The van der Waals surface area contributed by atoms with Gasteiger partial charge in [-0.1, -0.05) is 28.1 Å². The number of nitrogens with one attached hydrogen (secondary N) is 1. The molecule has 0 radical (unpaired) electrons. The van der Waals surface area contributed by atoms with Crippen molar-refractivity contribution in [1.29, 1.82) is 0 Å². The van der Waals surface area contributed by atoms with Gasteiger partial charge >= 0.3 is 11.7 Å². The maximum Gasteiger partial charge on any atom is 0.337 e. The van der Waals surface area contributed by atoms with Crippen molar-refractivity contribution in [2.24, 2.45) is 0 Å². The van der Waals surface area contributed by atoms with Gasteiger partial charge in [0.2, 0.25) is 0 Å². The first-order valence-electron chi connectivity index (χ1n) is 6.22. The lowest BCUT2D eigenvalue weighted by molar-refractivity contribution is 0.0699. The van der Waals surface area contributed by atoms with E-state index < -0.39 is 5.97 Å². The topological polar surface area (TPSA) is 75.1 Å². The van der Waals surface area contributed by atoms with Gasteiger partial charge in [-0.05, 0) is 36.8 Å². The van der Waals surface area contributed by atoms with E-state index in [0.29, 0.717) is 16.7 Å². The summed E-state index contributed by atoms with van der Waals surface area (Å²) in [7, 11) is 0. The number of fused-ring (bicyclic) bond motifs is 1. The Morgan fingerprint density at radius 3 is 2.76 bits per heavy atom. The van der Waals surface area contributed by atoms with Crippen molar-refractivity contribution in [1.82, 2.24) is 9.55 Å². The van der Waals surface area contributed by atoms with Gasteiger partial charge < -0.3 is 10.1 Å². The van der Waals surface area contributed by atoms with Crippen LogP contribution in [0.3, 0.4) is 0 Å². The van der Waals surface area contributed by atoms with Gasteiger partial charge in [-0.25, -0.2) is 9.59 Å². The van der Waals surface area contributed by atoms with Crippen LogP contribution in [0.15, 0.2) is 45.7 Å². The molecule has 0 spiro atoms. The van der Waals surface area contributed by atoms with Gasteiger partial charge in [-0.3, -0.25) is 4.57 Å². The highest BCUT2D eigenvalue weighted by atomic mass is 79.9. The lowest BCUT2D eigenvalue weighted by Gasteiger charge is -2.08. The van der Waals surface area contributed by atoms with E-state index in [1.54, 1.807) is 12.1 Å². The Morgan fingerprint density at radius 1 is 1.29 bits per heavy atom. The Kier molecular flexibility index (Phi) is 3.17. The second-order valence-corrected chi connectivity index (χ2v) is 5.62. The SMILES string of the molecule is Cc1ccc(Br)cc1-n1c(=O)[nH]c2c(C(=O)O)cccc21. The zero-order valence-corrected chi connectivity index (χ0v) is 12.6. The summed E-state index contributed by atoms with van der Waals surface area (Å²) in [6.07, 6.45) is 0. The Hall–Kier alpha value is -2.34. The Balaban J connectivity index is 2.42. The highest BCUT2D eigenvalue weighted by molar-refractivity contribution is 9.10. The summed E-state index contributed by atoms with van der Waals surface area (Å²) in [5, 5.41) is 9.21. The van der Waals surface area contributed by atoms with Gasteiger partial charge in [0.1, 0.15) is 0 Å². The van der Waals surface area contributed by atoms with Crippen molar-refractivity contribution >= 4 is 32.9 Å². The molecule has 0 amide bonds. The summed E-state index contributed by atoms with van der Waals surface area (Å²) in [4.78, 5) is 26.2. The van der Waals surface area contributed by atoms with E-state index in [0.717, 1.165) is 10.0 Å². The van der Waals surface area contributed by atoms with E-state index in [-0.39, 0.29) is 11.3 Å². The number of nitrogens with zero attached hydrogens (tertiary/aromatic N) is 1. The Labute approximate surface area is 128 Å². The average Bonchev–Trinajstić information content (AvgIpc) is 2.77. The number of imidazole rings is 1. The fraction of sp³-hybridized carbons (Fsp3) is 0.0667. The van der Waals surface area contributed by atoms with Gasteiger partial charge in [0.15, 0.2) is 0 Å². The number of benzene rings is 2. The average molecular weight is 347 g/mol. The van der Waals surface area contributed by atoms with Crippen LogP contribution in [0, 0.1) is 6.92 Å². The van der Waals surface area contributed by atoms with E-state index in [4.69, 9.17) is 0 Å². The van der Waals surface area contributed by atoms with Gasteiger partial charge in [-0.2, -0.15) is 0 Å². The molecule has 0 saturated heterocycles. The minimum absolute atomic E-state index is 0.0796. The van der Waals surface area contributed by atoms with E-state index in [2.05, 4.69) is 20.9 Å². The molecule has 0 aliphatic rings. The normalized spacial score (nSPS) is 11.0. The second kappa shape index (κ2) is 4.89. The maximum absolute atomic E-state index is 12.3. The quantitative estimate of drug-likeness (QED) is 0.748. The number of aromatic nitrogens is 2. The van der Waals surface area contributed by atoms with Crippen molar-refractivity contribution in [2.45, 2.75) is 6.92 Å². The number of rotatable bonds is 2. The molecule has 5 nitrogen and oxygen atoms in total. The second-order valence-electron chi connectivity index (χ2n) is 4.70. The van der Waals surface area contributed by atoms with Gasteiger partial charge in [0.05, 0.1) is 22.3 Å². The summed E-state index contributed by atoms with van der Waals surface area (Å²) in [5.41, 5.74) is 2.22. The molecule has 2 N–H and O–H groups in total. The third-order valence-corrected chi connectivity index (χ3v) is 3.85. The maximum atomic E-state index is 12.3. The number of aromatic amines is 1. The molecule has 21 heavy (non-hydrogen) atoms. The zero-order chi connectivity index (χ0) is 15.1. The highest BCUT2D eigenvalue weighted by Crippen LogP contribution is 2.23. The molecule has 3 rings (SSSR count). The molecule has 0 atom stereocenters. The fourth-order valence-corrected chi connectivity index (χ4v) is 2.72. The van der Waals surface area contributed by atoms with Crippen LogP contribution >= 0.6 is 15.9 Å². The first-order chi connectivity index (χ1) is 9.99. The molecular weight excluding hydrogens is 336 g/mol. The molecule has 0 aliphatic carbocycles. The van der Waals surface area contributed by atoms with Crippen molar-refractivity contribution < 1.29 is 9.90 Å². The zero-order valence-electron chi connectivity index (χ0n) is 11.1. The number of carbonyl (C=O) groups is 1. The molecule has 1 heterocycles. The molecule has 6 heteroatoms. The summed E-state index contributed by atoms with van der Waals surface area (Å²) >= 11 is 3.39. The Morgan fingerprint density at radius 2 is 2.05 bits per heavy atom. The van der Waals surface area contributed by atoms with Gasteiger partial charge in [0, 0.05) is 4.47 Å². The van der Waals surface area contributed by atoms with Crippen LogP contribution in [0.2, 0.25) is 0 Å². The monoisotopic (exact) mass is 346 g/mol. The highest BCUT2D eigenvalue weighted by Gasteiger charge is 2.16. The number of para-hydroxylation sites is 1. The van der Waals surface area contributed by atoms with Crippen molar-refractivity contribution in [3.05, 3.63) is 62.5 Å². The van der Waals surface area contributed by atoms with E-state index >= 15 is 0 Å².